The van der Waals surface area contributed by atoms with Crippen molar-refractivity contribution in [2.75, 3.05) is 20.1 Å². The topological polar surface area (TPSA) is 37.4 Å². The van der Waals surface area contributed by atoms with Crippen molar-refractivity contribution in [3.05, 3.63) is 58.9 Å². The average molecular weight is 339 g/mol. The second-order valence-electron chi connectivity index (χ2n) is 7.13. The molecule has 1 fully saturated rings. The summed E-state index contributed by atoms with van der Waals surface area (Å²) < 4.78 is 6.03. The molecule has 0 saturated carbocycles. The van der Waals surface area contributed by atoms with Gasteiger partial charge in [-0.1, -0.05) is 18.2 Å². The molecule has 0 amide bonds. The normalized spacial score (nSPS) is 16.1. The number of aryl methyl sites for hydroxylation is 2. The summed E-state index contributed by atoms with van der Waals surface area (Å²) >= 11 is 0. The van der Waals surface area contributed by atoms with Gasteiger partial charge in [0.15, 0.2) is 0 Å². The molecule has 25 heavy (non-hydrogen) atoms. The number of nitrogens with zero attached hydrogens (tertiary/aromatic N) is 2. The highest BCUT2D eigenvalue weighted by Crippen LogP contribution is 2.26. The molecule has 1 aromatic heterocycles. The van der Waals surface area contributed by atoms with Crippen LogP contribution in [0, 0.1) is 13.8 Å². The predicted octanol–water partition coefficient (Wildman–Crippen LogP) is 3.46. The molecule has 134 valence electrons. The van der Waals surface area contributed by atoms with Crippen molar-refractivity contribution in [2.45, 2.75) is 45.9 Å². The molecule has 1 aliphatic rings. The summed E-state index contributed by atoms with van der Waals surface area (Å²) in [5.41, 5.74) is 4.67. The van der Waals surface area contributed by atoms with Crippen molar-refractivity contribution >= 4 is 0 Å². The van der Waals surface area contributed by atoms with Crippen LogP contribution in [-0.2, 0) is 13.2 Å². The first-order valence-electron chi connectivity index (χ1n) is 9.16. The molecule has 4 nitrogen and oxygen atoms in total. The van der Waals surface area contributed by atoms with Gasteiger partial charge >= 0.3 is 0 Å². The lowest BCUT2D eigenvalue weighted by Gasteiger charge is -2.29. The largest absolute Gasteiger partial charge is 0.487 e. The van der Waals surface area contributed by atoms with E-state index < -0.39 is 0 Å². The van der Waals surface area contributed by atoms with Crippen molar-refractivity contribution in [1.82, 2.24) is 15.2 Å². The van der Waals surface area contributed by atoms with Crippen LogP contribution in [0.4, 0.5) is 0 Å². The first kappa shape index (κ1) is 17.9. The van der Waals surface area contributed by atoms with Gasteiger partial charge in [-0.25, -0.2) is 0 Å². The lowest BCUT2D eigenvalue weighted by Crippen LogP contribution is -2.40. The number of piperidine rings is 1. The number of hydrogen-bond donors (Lipinski definition) is 1. The number of hydrogen-bond acceptors (Lipinski definition) is 4. The van der Waals surface area contributed by atoms with Crippen LogP contribution >= 0.6 is 0 Å². The van der Waals surface area contributed by atoms with Gasteiger partial charge in [-0.2, -0.15) is 0 Å². The summed E-state index contributed by atoms with van der Waals surface area (Å²) in [4.78, 5) is 6.72. The molecule has 1 N–H and O–H groups in total. The second kappa shape index (κ2) is 8.45. The fourth-order valence-corrected chi connectivity index (χ4v) is 3.47. The van der Waals surface area contributed by atoms with Crippen LogP contribution in [0.5, 0.6) is 5.75 Å². The highest BCUT2D eigenvalue weighted by Gasteiger charge is 2.16. The molecule has 1 aromatic carbocycles. The summed E-state index contributed by atoms with van der Waals surface area (Å²) in [6, 6.07) is 11.0. The van der Waals surface area contributed by atoms with Gasteiger partial charge in [0.25, 0.3) is 0 Å². The summed E-state index contributed by atoms with van der Waals surface area (Å²) in [6.45, 7) is 8.07. The molecule has 4 heteroatoms. The predicted molar refractivity (Wildman–Crippen MR) is 102 cm³/mol. The monoisotopic (exact) mass is 339 g/mol. The van der Waals surface area contributed by atoms with E-state index in [4.69, 9.17) is 4.74 Å². The molecule has 0 aliphatic carbocycles. The molecule has 0 atom stereocenters. The number of benzene rings is 1. The van der Waals surface area contributed by atoms with Crippen molar-refractivity contribution < 1.29 is 4.74 Å². The van der Waals surface area contributed by atoms with Crippen LogP contribution in [0.25, 0.3) is 0 Å². The molecule has 1 aliphatic heterocycles. The number of ether oxygens (including phenoxy) is 1. The Morgan fingerprint density at radius 1 is 1.16 bits per heavy atom. The number of pyridine rings is 1. The van der Waals surface area contributed by atoms with Crippen LogP contribution in [0.15, 0.2) is 36.5 Å². The highest BCUT2D eigenvalue weighted by atomic mass is 16.5. The standard InChI is InChI=1S/C21H29N3O/c1-16-12-18(14-23-19-7-10-24(3)11-8-19)13-17(2)21(16)25-15-20-6-4-5-9-22-20/h4-6,9,12-13,19,23H,7-8,10-11,14-15H2,1-3H3. The smallest absolute Gasteiger partial charge is 0.130 e. The van der Waals surface area contributed by atoms with E-state index in [2.05, 4.69) is 48.2 Å². The van der Waals surface area contributed by atoms with E-state index in [1.807, 2.05) is 18.2 Å². The van der Waals surface area contributed by atoms with E-state index in [0.29, 0.717) is 12.6 Å². The highest BCUT2D eigenvalue weighted by molar-refractivity contribution is 5.43. The SMILES string of the molecule is Cc1cc(CNC2CCN(C)CC2)cc(C)c1OCc1ccccn1. The maximum absolute atomic E-state index is 6.03. The van der Waals surface area contributed by atoms with E-state index in [1.54, 1.807) is 6.20 Å². The molecule has 0 unspecified atom stereocenters. The zero-order valence-electron chi connectivity index (χ0n) is 15.6. The summed E-state index contributed by atoms with van der Waals surface area (Å²) in [6.07, 6.45) is 4.27. The van der Waals surface area contributed by atoms with Gasteiger partial charge in [0.05, 0.1) is 5.69 Å². The fraction of sp³-hybridized carbons (Fsp3) is 0.476. The van der Waals surface area contributed by atoms with Gasteiger partial charge in [-0.15, -0.1) is 0 Å². The number of aromatic nitrogens is 1. The van der Waals surface area contributed by atoms with Gasteiger partial charge in [0.2, 0.25) is 0 Å². The maximum Gasteiger partial charge on any atom is 0.130 e. The molecule has 2 heterocycles. The van der Waals surface area contributed by atoms with Crippen molar-refractivity contribution in [3.63, 3.8) is 0 Å². The summed E-state index contributed by atoms with van der Waals surface area (Å²) in [5, 5.41) is 3.71. The Bertz CT molecular complexity index is 656. The van der Waals surface area contributed by atoms with Crippen LogP contribution in [0.3, 0.4) is 0 Å². The first-order chi connectivity index (χ1) is 12.1. The summed E-state index contributed by atoms with van der Waals surface area (Å²) in [7, 11) is 2.20. The van der Waals surface area contributed by atoms with Crippen LogP contribution < -0.4 is 10.1 Å². The molecular weight excluding hydrogens is 310 g/mol. The Morgan fingerprint density at radius 3 is 2.52 bits per heavy atom. The lowest BCUT2D eigenvalue weighted by atomic mass is 10.0. The van der Waals surface area contributed by atoms with Gasteiger partial charge < -0.3 is 15.0 Å². The average Bonchev–Trinajstić information content (AvgIpc) is 2.61. The molecule has 2 aromatic rings. The Labute approximate surface area is 151 Å². The molecule has 0 radical (unpaired) electrons. The molecule has 0 bridgehead atoms. The molecular formula is C21H29N3O. The van der Waals surface area contributed by atoms with Crippen molar-refractivity contribution in [3.8, 4) is 5.75 Å². The zero-order valence-corrected chi connectivity index (χ0v) is 15.6. The Morgan fingerprint density at radius 2 is 1.88 bits per heavy atom. The maximum atomic E-state index is 6.03. The summed E-state index contributed by atoms with van der Waals surface area (Å²) in [5.74, 6) is 0.980. The molecule has 0 spiro atoms. The van der Waals surface area contributed by atoms with Gasteiger partial charge in [-0.05, 0) is 75.6 Å². The fourth-order valence-electron chi connectivity index (χ4n) is 3.47. The Kier molecular flexibility index (Phi) is 6.05. The van der Waals surface area contributed by atoms with E-state index in [-0.39, 0.29) is 0 Å². The third kappa shape index (κ3) is 5.03. The Balaban J connectivity index is 1.58. The van der Waals surface area contributed by atoms with Crippen molar-refractivity contribution in [2.24, 2.45) is 0 Å². The van der Waals surface area contributed by atoms with Crippen LogP contribution in [-0.4, -0.2) is 36.1 Å². The minimum Gasteiger partial charge on any atom is -0.487 e. The van der Waals surface area contributed by atoms with Crippen LogP contribution in [0.1, 0.15) is 35.2 Å². The van der Waals surface area contributed by atoms with Crippen molar-refractivity contribution in [1.29, 1.82) is 0 Å². The first-order valence-corrected chi connectivity index (χ1v) is 9.16. The zero-order chi connectivity index (χ0) is 17.6. The Hall–Kier alpha value is -1.91. The van der Waals surface area contributed by atoms with E-state index in [0.717, 1.165) is 18.0 Å². The van der Waals surface area contributed by atoms with E-state index >= 15 is 0 Å². The number of rotatable bonds is 6. The lowest BCUT2D eigenvalue weighted by molar-refractivity contribution is 0.234. The van der Waals surface area contributed by atoms with E-state index in [1.165, 1.54) is 42.6 Å². The minimum absolute atomic E-state index is 0.510. The quantitative estimate of drug-likeness (QED) is 0.874. The van der Waals surface area contributed by atoms with Gasteiger partial charge in [-0.3, -0.25) is 4.98 Å². The van der Waals surface area contributed by atoms with E-state index in [9.17, 15) is 0 Å². The number of likely N-dealkylation sites (tertiary alicyclic amines) is 1. The molecule has 3 rings (SSSR count). The second-order valence-corrected chi connectivity index (χ2v) is 7.13. The number of nitrogens with one attached hydrogen (secondary N) is 1. The third-order valence-electron chi connectivity index (χ3n) is 4.92. The molecule has 1 saturated heterocycles. The van der Waals surface area contributed by atoms with Crippen LogP contribution in [0.2, 0.25) is 0 Å². The third-order valence-corrected chi connectivity index (χ3v) is 4.92. The minimum atomic E-state index is 0.510. The van der Waals surface area contributed by atoms with Gasteiger partial charge in [0.1, 0.15) is 12.4 Å². The van der Waals surface area contributed by atoms with Gasteiger partial charge in [0, 0.05) is 18.8 Å².